The minimum Gasteiger partial charge on any atom is -0.370 e. The summed E-state index contributed by atoms with van der Waals surface area (Å²) in [7, 11) is 0. The molecule has 0 unspecified atom stereocenters. The molecule has 1 saturated heterocycles. The highest BCUT2D eigenvalue weighted by atomic mass is 35.5. The predicted molar refractivity (Wildman–Crippen MR) is 141 cm³/mol. The third-order valence-corrected chi connectivity index (χ3v) is 7.19. The molecule has 0 saturated carbocycles. The lowest BCUT2D eigenvalue weighted by atomic mass is 9.89. The van der Waals surface area contributed by atoms with Crippen molar-refractivity contribution in [1.29, 1.82) is 0 Å². The second kappa shape index (κ2) is 12.4. The Balaban J connectivity index is 1.50. The van der Waals surface area contributed by atoms with E-state index in [1.54, 1.807) is 0 Å². The van der Waals surface area contributed by atoms with Crippen LogP contribution < -0.4 is 16.8 Å². The third-order valence-electron chi connectivity index (χ3n) is 6.45. The molecule has 184 valence electrons. The summed E-state index contributed by atoms with van der Waals surface area (Å²) in [5.74, 6) is 0.971. The van der Waals surface area contributed by atoms with Crippen molar-refractivity contribution in [3.8, 4) is 0 Å². The van der Waals surface area contributed by atoms with E-state index in [1.807, 2.05) is 36.4 Å². The zero-order valence-corrected chi connectivity index (χ0v) is 21.4. The second-order valence-corrected chi connectivity index (χ2v) is 10.3. The van der Waals surface area contributed by atoms with Gasteiger partial charge in [-0.2, -0.15) is 0 Å². The van der Waals surface area contributed by atoms with E-state index >= 15 is 0 Å². The average Bonchev–Trinajstić information content (AvgIpc) is 2.81. The van der Waals surface area contributed by atoms with E-state index in [4.69, 9.17) is 34.7 Å². The number of aliphatic imine (C=N–C) groups is 1. The van der Waals surface area contributed by atoms with Crippen molar-refractivity contribution in [1.82, 2.24) is 10.2 Å². The number of rotatable bonds is 9. The Morgan fingerprint density at radius 1 is 1.06 bits per heavy atom. The van der Waals surface area contributed by atoms with Gasteiger partial charge in [-0.05, 0) is 79.6 Å². The lowest BCUT2D eigenvalue weighted by Crippen LogP contribution is -2.48. The molecule has 6 nitrogen and oxygen atoms in total. The maximum absolute atomic E-state index is 12.9. The molecule has 1 heterocycles. The summed E-state index contributed by atoms with van der Waals surface area (Å²) in [6.07, 6.45) is 3.29. The first-order valence-electron chi connectivity index (χ1n) is 11.8. The maximum Gasteiger partial charge on any atom is 0.251 e. The number of carbonyl (C=O) groups is 1. The van der Waals surface area contributed by atoms with Crippen LogP contribution in [0.3, 0.4) is 0 Å². The normalized spacial score (nSPS) is 15.8. The van der Waals surface area contributed by atoms with Gasteiger partial charge in [-0.3, -0.25) is 4.79 Å². The van der Waals surface area contributed by atoms with Crippen LogP contribution in [0.5, 0.6) is 0 Å². The summed E-state index contributed by atoms with van der Waals surface area (Å²) in [6, 6.07) is 13.4. The lowest BCUT2D eigenvalue weighted by Gasteiger charge is -2.35. The largest absolute Gasteiger partial charge is 0.370 e. The van der Waals surface area contributed by atoms with Gasteiger partial charge in [0.1, 0.15) is 0 Å². The first-order valence-corrected chi connectivity index (χ1v) is 12.6. The molecule has 0 aliphatic carbocycles. The van der Waals surface area contributed by atoms with Gasteiger partial charge in [0.2, 0.25) is 0 Å². The van der Waals surface area contributed by atoms with Crippen LogP contribution in [0.25, 0.3) is 0 Å². The molecular weight excluding hydrogens is 469 g/mol. The van der Waals surface area contributed by atoms with Crippen molar-refractivity contribution in [2.75, 3.05) is 19.6 Å². The van der Waals surface area contributed by atoms with Crippen LogP contribution in [0.15, 0.2) is 47.5 Å². The van der Waals surface area contributed by atoms with Crippen molar-refractivity contribution in [3.05, 3.63) is 69.2 Å². The van der Waals surface area contributed by atoms with Crippen LogP contribution in [-0.2, 0) is 13.0 Å². The number of carbonyl (C=O) groups excluding carboxylic acids is 1. The summed E-state index contributed by atoms with van der Waals surface area (Å²) in [5.41, 5.74) is 13.6. The number of benzene rings is 2. The highest BCUT2D eigenvalue weighted by Crippen LogP contribution is 2.27. The number of amides is 1. The quantitative estimate of drug-likeness (QED) is 0.347. The van der Waals surface area contributed by atoms with E-state index in [1.165, 1.54) is 5.56 Å². The van der Waals surface area contributed by atoms with Gasteiger partial charge in [0.05, 0.1) is 16.6 Å². The fourth-order valence-electron chi connectivity index (χ4n) is 4.27. The minimum atomic E-state index is -0.0541. The molecule has 2 aromatic rings. The second-order valence-electron chi connectivity index (χ2n) is 9.46. The average molecular weight is 505 g/mol. The molecule has 1 aliphatic heterocycles. The van der Waals surface area contributed by atoms with Gasteiger partial charge < -0.3 is 21.7 Å². The molecule has 0 spiro atoms. The van der Waals surface area contributed by atoms with Crippen LogP contribution >= 0.6 is 23.2 Å². The molecule has 1 fully saturated rings. The summed E-state index contributed by atoms with van der Waals surface area (Å²) < 4.78 is 0. The van der Waals surface area contributed by atoms with Crippen LogP contribution in [0.2, 0.25) is 10.0 Å². The van der Waals surface area contributed by atoms with Crippen LogP contribution in [0, 0.1) is 11.8 Å². The number of nitrogens with zero attached hydrogens (tertiary/aromatic N) is 2. The minimum absolute atomic E-state index is 0.0541. The fraction of sp³-hybridized carbons (Fsp3) is 0.462. The van der Waals surface area contributed by atoms with Crippen molar-refractivity contribution in [3.63, 3.8) is 0 Å². The molecule has 1 atom stereocenters. The van der Waals surface area contributed by atoms with Crippen molar-refractivity contribution >= 4 is 35.1 Å². The van der Waals surface area contributed by atoms with Crippen LogP contribution in [0.1, 0.15) is 48.2 Å². The van der Waals surface area contributed by atoms with E-state index in [0.29, 0.717) is 34.0 Å². The van der Waals surface area contributed by atoms with Gasteiger partial charge in [-0.25, -0.2) is 4.99 Å². The van der Waals surface area contributed by atoms with Gasteiger partial charge in [0.25, 0.3) is 5.91 Å². The third kappa shape index (κ3) is 7.90. The molecule has 0 aromatic heterocycles. The van der Waals surface area contributed by atoms with Crippen LogP contribution in [0.4, 0.5) is 0 Å². The van der Waals surface area contributed by atoms with Crippen molar-refractivity contribution in [2.24, 2.45) is 28.3 Å². The summed E-state index contributed by atoms with van der Waals surface area (Å²) in [4.78, 5) is 19.3. The fourth-order valence-corrected chi connectivity index (χ4v) is 4.59. The Morgan fingerprint density at radius 3 is 2.29 bits per heavy atom. The van der Waals surface area contributed by atoms with E-state index < -0.39 is 0 Å². The number of nitrogens with two attached hydrogens (primary N) is 2. The zero-order chi connectivity index (χ0) is 24.7. The smallest absolute Gasteiger partial charge is 0.251 e. The number of hydrogen-bond donors (Lipinski definition) is 3. The lowest BCUT2D eigenvalue weighted by molar-refractivity contribution is 0.0893. The molecular formula is C26H35Cl2N5O. The highest BCUT2D eigenvalue weighted by molar-refractivity contribution is 6.42. The Morgan fingerprint density at radius 2 is 1.71 bits per heavy atom. The topological polar surface area (TPSA) is 96.7 Å². The SMILES string of the molecule is CC(C)[C@@H](CN1CCC(Cc2ccc(Cl)c(Cl)c2)CC1)NC(=O)c1ccc(CN=C(N)N)cc1. The van der Waals surface area contributed by atoms with Gasteiger partial charge in [0, 0.05) is 18.2 Å². The number of nitrogens with one attached hydrogen (secondary N) is 1. The molecule has 5 N–H and O–H groups in total. The van der Waals surface area contributed by atoms with E-state index in [9.17, 15) is 4.79 Å². The number of halogens is 2. The Bertz CT molecular complexity index is 981. The standard InChI is InChI=1S/C26H35Cl2N5O/c1-17(2)24(32-25(34)21-6-3-19(4-7-21)15-31-26(29)30)16-33-11-9-18(10-12-33)13-20-5-8-22(27)23(28)14-20/h3-8,14,17-18,24H,9-13,15-16H2,1-2H3,(H,32,34)(H4,29,30,31)/t24-/m1/s1. The Hall–Kier alpha value is -2.28. The number of guanidine groups is 1. The Labute approximate surface area is 212 Å². The van der Waals surface area contributed by atoms with Crippen molar-refractivity contribution < 1.29 is 4.79 Å². The highest BCUT2D eigenvalue weighted by Gasteiger charge is 2.25. The van der Waals surface area contributed by atoms with E-state index in [-0.39, 0.29) is 17.9 Å². The molecule has 1 aliphatic rings. The van der Waals surface area contributed by atoms with Crippen LogP contribution in [-0.4, -0.2) is 42.4 Å². The summed E-state index contributed by atoms with van der Waals surface area (Å²) >= 11 is 12.2. The van der Waals surface area contributed by atoms with Gasteiger partial charge in [0.15, 0.2) is 5.96 Å². The molecule has 0 bridgehead atoms. The summed E-state index contributed by atoms with van der Waals surface area (Å²) in [5, 5.41) is 4.46. The molecule has 2 aromatic carbocycles. The monoisotopic (exact) mass is 503 g/mol. The predicted octanol–water partition coefficient (Wildman–Crippen LogP) is 4.48. The zero-order valence-electron chi connectivity index (χ0n) is 19.9. The maximum atomic E-state index is 12.9. The molecule has 0 radical (unpaired) electrons. The molecule has 1 amide bonds. The number of piperidine rings is 1. The Kier molecular flexibility index (Phi) is 9.63. The van der Waals surface area contributed by atoms with E-state index in [0.717, 1.165) is 44.5 Å². The molecule has 8 heteroatoms. The number of hydrogen-bond acceptors (Lipinski definition) is 3. The number of likely N-dealkylation sites (tertiary alicyclic amines) is 1. The van der Waals surface area contributed by atoms with E-state index in [2.05, 4.69) is 35.1 Å². The van der Waals surface area contributed by atoms with Gasteiger partial charge in [-0.15, -0.1) is 0 Å². The van der Waals surface area contributed by atoms with Gasteiger partial charge in [-0.1, -0.05) is 55.2 Å². The first-order chi connectivity index (χ1) is 16.2. The summed E-state index contributed by atoms with van der Waals surface area (Å²) in [6.45, 7) is 7.63. The van der Waals surface area contributed by atoms with Crippen molar-refractivity contribution in [2.45, 2.75) is 45.7 Å². The van der Waals surface area contributed by atoms with Gasteiger partial charge >= 0.3 is 0 Å². The molecule has 3 rings (SSSR count). The molecule has 34 heavy (non-hydrogen) atoms. The first kappa shape index (κ1) is 26.3.